The van der Waals surface area contributed by atoms with Gasteiger partial charge in [-0.3, -0.25) is 4.79 Å². The second-order valence-corrected chi connectivity index (χ2v) is 4.34. The molecule has 0 bridgehead atoms. The maximum atomic E-state index is 11.0. The number of hydrogen-bond acceptors (Lipinski definition) is 3. The van der Waals surface area contributed by atoms with Crippen molar-refractivity contribution < 1.29 is 9.53 Å². The number of carbonyl (C=O) groups is 1. The fraction of sp³-hybridized carbons (Fsp3) is 0.900. The molecule has 0 aliphatic heterocycles. The van der Waals surface area contributed by atoms with Crippen molar-refractivity contribution >= 4 is 5.97 Å². The smallest absolute Gasteiger partial charge is 0.307 e. The van der Waals surface area contributed by atoms with Crippen molar-refractivity contribution in [3.63, 3.8) is 0 Å². The molecule has 0 amide bonds. The van der Waals surface area contributed by atoms with Crippen molar-refractivity contribution in [1.82, 2.24) is 0 Å². The Labute approximate surface area is 80.6 Å². The molecule has 0 aliphatic rings. The van der Waals surface area contributed by atoms with E-state index in [9.17, 15) is 4.79 Å². The van der Waals surface area contributed by atoms with Gasteiger partial charge in [-0.2, -0.15) is 0 Å². The van der Waals surface area contributed by atoms with Gasteiger partial charge >= 0.3 is 5.97 Å². The number of ether oxygens (including phenoxy) is 1. The maximum absolute atomic E-state index is 11.0. The van der Waals surface area contributed by atoms with E-state index < -0.39 is 5.54 Å². The van der Waals surface area contributed by atoms with E-state index in [1.807, 2.05) is 6.92 Å². The highest BCUT2D eigenvalue weighted by Gasteiger charge is 2.22. The summed E-state index contributed by atoms with van der Waals surface area (Å²) in [6.07, 6.45) is 2.21. The van der Waals surface area contributed by atoms with Crippen LogP contribution in [0.1, 0.15) is 40.0 Å². The number of nitrogens with two attached hydrogens (primary N) is 1. The van der Waals surface area contributed by atoms with Crippen molar-refractivity contribution in [2.24, 2.45) is 11.7 Å². The Morgan fingerprint density at radius 3 is 2.46 bits per heavy atom. The van der Waals surface area contributed by atoms with Crippen LogP contribution in [0.15, 0.2) is 0 Å². The first-order valence-electron chi connectivity index (χ1n) is 4.73. The van der Waals surface area contributed by atoms with Crippen molar-refractivity contribution in [1.29, 1.82) is 0 Å². The largest absolute Gasteiger partial charge is 0.469 e. The first kappa shape index (κ1) is 12.4. The van der Waals surface area contributed by atoms with E-state index >= 15 is 0 Å². The third-order valence-electron chi connectivity index (χ3n) is 2.07. The summed E-state index contributed by atoms with van der Waals surface area (Å²) >= 11 is 0. The molecule has 13 heavy (non-hydrogen) atoms. The standard InChI is InChI=1S/C10H21NO2/c1-8(2)5-6-10(3,11)7-9(12)13-4/h8H,5-7,11H2,1-4H3. The lowest BCUT2D eigenvalue weighted by Gasteiger charge is -2.23. The zero-order valence-electron chi connectivity index (χ0n) is 9.09. The van der Waals surface area contributed by atoms with Gasteiger partial charge in [0.05, 0.1) is 13.5 Å². The Morgan fingerprint density at radius 2 is 2.08 bits per heavy atom. The second kappa shape index (κ2) is 5.22. The highest BCUT2D eigenvalue weighted by Crippen LogP contribution is 2.17. The van der Waals surface area contributed by atoms with Crippen LogP contribution in [0, 0.1) is 5.92 Å². The number of carbonyl (C=O) groups excluding carboxylic acids is 1. The maximum Gasteiger partial charge on any atom is 0.307 e. The average molecular weight is 187 g/mol. The SMILES string of the molecule is COC(=O)CC(C)(N)CCC(C)C. The molecular weight excluding hydrogens is 166 g/mol. The van der Waals surface area contributed by atoms with Crippen molar-refractivity contribution in [2.75, 3.05) is 7.11 Å². The monoisotopic (exact) mass is 187 g/mol. The summed E-state index contributed by atoms with van der Waals surface area (Å²) in [6, 6.07) is 0. The zero-order chi connectivity index (χ0) is 10.5. The second-order valence-electron chi connectivity index (χ2n) is 4.34. The molecular formula is C10H21NO2. The van der Waals surface area contributed by atoms with Gasteiger partial charge in [-0.15, -0.1) is 0 Å². The van der Waals surface area contributed by atoms with Crippen LogP contribution in [-0.4, -0.2) is 18.6 Å². The molecule has 1 atom stereocenters. The number of hydrogen-bond donors (Lipinski definition) is 1. The molecule has 0 heterocycles. The van der Waals surface area contributed by atoms with Crippen LogP contribution in [0.5, 0.6) is 0 Å². The van der Waals surface area contributed by atoms with Crippen LogP contribution in [0.3, 0.4) is 0 Å². The molecule has 0 saturated heterocycles. The summed E-state index contributed by atoms with van der Waals surface area (Å²) in [5.74, 6) is 0.397. The Bertz CT molecular complexity index is 164. The minimum atomic E-state index is -0.419. The molecule has 0 aromatic heterocycles. The van der Waals surface area contributed by atoms with Crippen LogP contribution >= 0.6 is 0 Å². The normalized spacial score (nSPS) is 15.5. The van der Waals surface area contributed by atoms with Gasteiger partial charge in [-0.25, -0.2) is 0 Å². The molecule has 0 spiro atoms. The summed E-state index contributed by atoms with van der Waals surface area (Å²) in [5.41, 5.74) is 5.52. The van der Waals surface area contributed by atoms with Gasteiger partial charge in [-0.05, 0) is 25.7 Å². The van der Waals surface area contributed by atoms with E-state index in [1.165, 1.54) is 7.11 Å². The van der Waals surface area contributed by atoms with E-state index in [-0.39, 0.29) is 5.97 Å². The number of methoxy groups -OCH3 is 1. The van der Waals surface area contributed by atoms with Gasteiger partial charge in [0.2, 0.25) is 0 Å². The predicted molar refractivity (Wildman–Crippen MR) is 53.3 cm³/mol. The third kappa shape index (κ3) is 6.58. The quantitative estimate of drug-likeness (QED) is 0.666. The Morgan fingerprint density at radius 1 is 1.54 bits per heavy atom. The lowest BCUT2D eigenvalue weighted by molar-refractivity contribution is -0.141. The fourth-order valence-corrected chi connectivity index (χ4v) is 1.11. The predicted octanol–water partition coefficient (Wildman–Crippen LogP) is 1.70. The molecule has 0 aromatic rings. The Balaban J connectivity index is 3.86. The van der Waals surface area contributed by atoms with Crippen LogP contribution in [0.25, 0.3) is 0 Å². The fourth-order valence-electron chi connectivity index (χ4n) is 1.11. The van der Waals surface area contributed by atoms with E-state index in [4.69, 9.17) is 5.73 Å². The Hall–Kier alpha value is -0.570. The first-order chi connectivity index (χ1) is 5.87. The molecule has 0 saturated carbocycles. The molecule has 0 rings (SSSR count). The van der Waals surface area contributed by atoms with E-state index in [0.717, 1.165) is 12.8 Å². The van der Waals surface area contributed by atoms with Crippen molar-refractivity contribution in [2.45, 2.75) is 45.6 Å². The summed E-state index contributed by atoms with van der Waals surface area (Å²) in [6.45, 7) is 6.19. The van der Waals surface area contributed by atoms with Crippen LogP contribution in [0.4, 0.5) is 0 Å². The highest BCUT2D eigenvalue weighted by atomic mass is 16.5. The first-order valence-corrected chi connectivity index (χ1v) is 4.73. The lowest BCUT2D eigenvalue weighted by Crippen LogP contribution is -2.39. The van der Waals surface area contributed by atoms with E-state index in [1.54, 1.807) is 0 Å². The van der Waals surface area contributed by atoms with Crippen molar-refractivity contribution in [3.05, 3.63) is 0 Å². The number of rotatable bonds is 5. The van der Waals surface area contributed by atoms with Crippen LogP contribution < -0.4 is 5.73 Å². The lowest BCUT2D eigenvalue weighted by atomic mass is 9.90. The van der Waals surface area contributed by atoms with Gasteiger partial charge in [0.25, 0.3) is 0 Å². The average Bonchev–Trinajstić information content (AvgIpc) is 2.00. The van der Waals surface area contributed by atoms with Gasteiger partial charge in [0, 0.05) is 5.54 Å². The molecule has 0 fully saturated rings. The molecule has 0 radical (unpaired) electrons. The van der Waals surface area contributed by atoms with Gasteiger partial charge in [0.15, 0.2) is 0 Å². The summed E-state index contributed by atoms with van der Waals surface area (Å²) in [4.78, 5) is 11.0. The van der Waals surface area contributed by atoms with Gasteiger partial charge in [0.1, 0.15) is 0 Å². The van der Waals surface area contributed by atoms with E-state index in [0.29, 0.717) is 12.3 Å². The Kier molecular flexibility index (Phi) is 4.99. The molecule has 0 aromatic carbocycles. The topological polar surface area (TPSA) is 52.3 Å². The summed E-state index contributed by atoms with van der Waals surface area (Å²) < 4.78 is 4.57. The molecule has 0 aliphatic carbocycles. The molecule has 3 nitrogen and oxygen atoms in total. The molecule has 78 valence electrons. The van der Waals surface area contributed by atoms with Gasteiger partial charge in [-0.1, -0.05) is 13.8 Å². The van der Waals surface area contributed by atoms with E-state index in [2.05, 4.69) is 18.6 Å². The summed E-state index contributed by atoms with van der Waals surface area (Å²) in [7, 11) is 1.39. The van der Waals surface area contributed by atoms with Gasteiger partial charge < -0.3 is 10.5 Å². The third-order valence-corrected chi connectivity index (χ3v) is 2.07. The van der Waals surface area contributed by atoms with Crippen molar-refractivity contribution in [3.8, 4) is 0 Å². The van der Waals surface area contributed by atoms with Crippen LogP contribution in [-0.2, 0) is 9.53 Å². The molecule has 1 unspecified atom stereocenters. The molecule has 2 N–H and O–H groups in total. The zero-order valence-corrected chi connectivity index (χ0v) is 9.09. The minimum Gasteiger partial charge on any atom is -0.469 e. The highest BCUT2D eigenvalue weighted by molar-refractivity contribution is 5.70. The minimum absolute atomic E-state index is 0.228. The summed E-state index contributed by atoms with van der Waals surface area (Å²) in [5, 5.41) is 0. The molecule has 3 heteroatoms. The number of esters is 1. The van der Waals surface area contributed by atoms with Crippen LogP contribution in [0.2, 0.25) is 0 Å².